The lowest BCUT2D eigenvalue weighted by Crippen LogP contribution is -2.27. The Labute approximate surface area is 171 Å². The van der Waals surface area contributed by atoms with Gasteiger partial charge in [-0.2, -0.15) is 17.9 Å². The summed E-state index contributed by atoms with van der Waals surface area (Å²) in [5.74, 6) is 0.726. The van der Waals surface area contributed by atoms with Gasteiger partial charge in [-0.15, -0.1) is 0 Å². The highest BCUT2D eigenvalue weighted by Gasteiger charge is 2.37. The maximum Gasteiger partial charge on any atom is 0.279 e. The summed E-state index contributed by atoms with van der Waals surface area (Å²) in [7, 11) is -2.19. The fourth-order valence-corrected chi connectivity index (χ4v) is 4.84. The maximum atomic E-state index is 13.4. The highest BCUT2D eigenvalue weighted by molar-refractivity contribution is 7.89. The van der Waals surface area contributed by atoms with Crippen molar-refractivity contribution in [1.29, 1.82) is 0 Å². The van der Waals surface area contributed by atoms with Crippen LogP contribution in [-0.2, 0) is 10.0 Å². The van der Waals surface area contributed by atoms with Gasteiger partial charge in [0.25, 0.3) is 10.0 Å². The molecule has 0 N–H and O–H groups in total. The maximum absolute atomic E-state index is 13.4. The molecule has 0 aliphatic carbocycles. The molecule has 6 heteroatoms. The molecule has 0 unspecified atom stereocenters. The van der Waals surface area contributed by atoms with Crippen LogP contribution >= 0.6 is 0 Å². The number of aryl methyl sites for hydroxylation is 1. The van der Waals surface area contributed by atoms with Gasteiger partial charge in [0.1, 0.15) is 5.75 Å². The monoisotopic (exact) mass is 406 g/mol. The zero-order chi connectivity index (χ0) is 20.4. The third-order valence-corrected chi connectivity index (χ3v) is 6.74. The van der Waals surface area contributed by atoms with Gasteiger partial charge in [-0.25, -0.2) is 0 Å². The van der Waals surface area contributed by atoms with Crippen LogP contribution < -0.4 is 4.74 Å². The topological polar surface area (TPSA) is 59.0 Å². The van der Waals surface area contributed by atoms with Crippen LogP contribution in [0.3, 0.4) is 0 Å². The molecule has 0 spiro atoms. The van der Waals surface area contributed by atoms with Gasteiger partial charge in [0, 0.05) is 6.42 Å². The first-order valence-corrected chi connectivity index (χ1v) is 10.8. The number of nitrogens with zero attached hydrogens (tertiary/aromatic N) is 2. The van der Waals surface area contributed by atoms with Crippen molar-refractivity contribution in [3.8, 4) is 5.75 Å². The van der Waals surface area contributed by atoms with Crippen LogP contribution in [0.15, 0.2) is 88.9 Å². The Morgan fingerprint density at radius 2 is 1.59 bits per heavy atom. The van der Waals surface area contributed by atoms with Crippen molar-refractivity contribution in [2.24, 2.45) is 5.10 Å². The number of methoxy groups -OCH3 is 1. The predicted octanol–water partition coefficient (Wildman–Crippen LogP) is 4.54. The van der Waals surface area contributed by atoms with E-state index < -0.39 is 16.1 Å². The van der Waals surface area contributed by atoms with E-state index in [4.69, 9.17) is 4.74 Å². The lowest BCUT2D eigenvalue weighted by atomic mass is 9.99. The molecule has 0 aromatic heterocycles. The first-order valence-electron chi connectivity index (χ1n) is 9.37. The molecule has 4 rings (SSSR count). The minimum atomic E-state index is -3.79. The number of hydrogen-bond acceptors (Lipinski definition) is 4. The molecule has 0 bridgehead atoms. The van der Waals surface area contributed by atoms with Crippen LogP contribution in [0.5, 0.6) is 5.75 Å². The van der Waals surface area contributed by atoms with Crippen molar-refractivity contribution in [3.05, 3.63) is 95.6 Å². The molecule has 3 aromatic carbocycles. The van der Waals surface area contributed by atoms with Crippen molar-refractivity contribution in [3.63, 3.8) is 0 Å². The molecule has 0 amide bonds. The average Bonchev–Trinajstić information content (AvgIpc) is 3.21. The zero-order valence-corrected chi connectivity index (χ0v) is 17.1. The molecule has 29 heavy (non-hydrogen) atoms. The van der Waals surface area contributed by atoms with E-state index in [9.17, 15) is 8.42 Å². The molecule has 1 atom stereocenters. The summed E-state index contributed by atoms with van der Waals surface area (Å²) in [6.07, 6.45) is 0.501. The normalized spacial score (nSPS) is 16.6. The summed E-state index contributed by atoms with van der Waals surface area (Å²) in [6.45, 7) is 1.93. The predicted molar refractivity (Wildman–Crippen MR) is 114 cm³/mol. The summed E-state index contributed by atoms with van der Waals surface area (Å²) in [5, 5.41) is 4.56. The van der Waals surface area contributed by atoms with E-state index in [1.54, 1.807) is 31.4 Å². The zero-order valence-electron chi connectivity index (χ0n) is 16.3. The van der Waals surface area contributed by atoms with E-state index >= 15 is 0 Å². The highest BCUT2D eigenvalue weighted by atomic mass is 32.2. The van der Waals surface area contributed by atoms with E-state index in [1.165, 1.54) is 4.41 Å². The molecule has 1 heterocycles. The standard InChI is InChI=1S/C23H22N2O3S/c1-17-8-14-21(15-9-17)29(26,27)25-23(19-10-12-20(28-2)13-11-19)16-22(24-25)18-6-4-3-5-7-18/h3-15,23H,16H2,1-2H3/t23-/m1/s1. The molecular weight excluding hydrogens is 384 g/mol. The second kappa shape index (κ2) is 7.72. The quantitative estimate of drug-likeness (QED) is 0.625. The molecule has 148 valence electrons. The molecule has 5 nitrogen and oxygen atoms in total. The first-order chi connectivity index (χ1) is 14.0. The van der Waals surface area contributed by atoms with Gasteiger partial charge in [0.15, 0.2) is 0 Å². The van der Waals surface area contributed by atoms with Gasteiger partial charge in [-0.3, -0.25) is 0 Å². The van der Waals surface area contributed by atoms with E-state index in [0.29, 0.717) is 6.42 Å². The largest absolute Gasteiger partial charge is 0.497 e. The summed E-state index contributed by atoms with van der Waals surface area (Å²) in [4.78, 5) is 0.236. The Kier molecular flexibility index (Phi) is 5.11. The molecule has 0 saturated carbocycles. The minimum Gasteiger partial charge on any atom is -0.497 e. The van der Waals surface area contributed by atoms with Crippen LogP contribution in [0.2, 0.25) is 0 Å². The van der Waals surface area contributed by atoms with Crippen molar-refractivity contribution in [2.75, 3.05) is 7.11 Å². The third-order valence-electron chi connectivity index (χ3n) is 5.05. The van der Waals surface area contributed by atoms with E-state index in [1.807, 2.05) is 61.5 Å². The molecule has 0 radical (unpaired) electrons. The van der Waals surface area contributed by atoms with Gasteiger partial charge < -0.3 is 4.74 Å². The van der Waals surface area contributed by atoms with Gasteiger partial charge in [-0.05, 0) is 42.3 Å². The van der Waals surface area contributed by atoms with E-state index in [2.05, 4.69) is 5.10 Å². The summed E-state index contributed by atoms with van der Waals surface area (Å²) in [5.41, 5.74) is 3.55. The summed E-state index contributed by atoms with van der Waals surface area (Å²) in [6, 6.07) is 23.6. The number of sulfonamides is 1. The number of rotatable bonds is 5. The molecule has 1 aliphatic heterocycles. The second-order valence-electron chi connectivity index (χ2n) is 7.00. The summed E-state index contributed by atoms with van der Waals surface area (Å²) >= 11 is 0. The van der Waals surface area contributed by atoms with Crippen molar-refractivity contribution in [1.82, 2.24) is 4.41 Å². The molecule has 0 saturated heterocycles. The Morgan fingerprint density at radius 3 is 2.21 bits per heavy atom. The number of hydrogen-bond donors (Lipinski definition) is 0. The minimum absolute atomic E-state index is 0.236. The van der Waals surface area contributed by atoms with Crippen molar-refractivity contribution in [2.45, 2.75) is 24.3 Å². The molecule has 0 fully saturated rings. The Bertz CT molecular complexity index is 1120. The van der Waals surface area contributed by atoms with E-state index in [-0.39, 0.29) is 4.90 Å². The van der Waals surface area contributed by atoms with Gasteiger partial charge >= 0.3 is 0 Å². The highest BCUT2D eigenvalue weighted by Crippen LogP contribution is 2.37. The molecule has 1 aliphatic rings. The second-order valence-corrected chi connectivity index (χ2v) is 8.79. The first kappa shape index (κ1) is 19.2. The Morgan fingerprint density at radius 1 is 0.931 bits per heavy atom. The van der Waals surface area contributed by atoms with Crippen molar-refractivity contribution >= 4 is 15.7 Å². The Hall–Kier alpha value is -3.12. The van der Waals surface area contributed by atoms with Gasteiger partial charge in [0.2, 0.25) is 0 Å². The number of benzene rings is 3. The number of hydrazone groups is 1. The average molecular weight is 407 g/mol. The van der Waals surface area contributed by atoms with Crippen LogP contribution in [0.1, 0.15) is 29.2 Å². The summed E-state index contributed by atoms with van der Waals surface area (Å²) < 4.78 is 33.3. The smallest absolute Gasteiger partial charge is 0.279 e. The molecular formula is C23H22N2O3S. The van der Waals surface area contributed by atoms with E-state index in [0.717, 1.165) is 28.2 Å². The number of ether oxygens (including phenoxy) is 1. The fraction of sp³-hybridized carbons (Fsp3) is 0.174. The SMILES string of the molecule is COc1ccc([C@H]2CC(c3ccccc3)=NN2S(=O)(=O)c2ccc(C)cc2)cc1. The van der Waals surface area contributed by atoms with Crippen LogP contribution in [0.4, 0.5) is 0 Å². The fourth-order valence-electron chi connectivity index (χ4n) is 3.41. The van der Waals surface area contributed by atoms with Crippen molar-refractivity contribution < 1.29 is 13.2 Å². The Balaban J connectivity index is 1.78. The third kappa shape index (κ3) is 3.76. The van der Waals surface area contributed by atoms with Crippen LogP contribution in [-0.4, -0.2) is 25.7 Å². The lowest BCUT2D eigenvalue weighted by Gasteiger charge is -2.23. The van der Waals surface area contributed by atoms with Gasteiger partial charge in [0.05, 0.1) is 23.8 Å². The molecule has 3 aromatic rings. The lowest BCUT2D eigenvalue weighted by molar-refractivity contribution is 0.370. The van der Waals surface area contributed by atoms with Crippen LogP contribution in [0.25, 0.3) is 0 Å². The van der Waals surface area contributed by atoms with Gasteiger partial charge in [-0.1, -0.05) is 60.2 Å². The van der Waals surface area contributed by atoms with Crippen LogP contribution in [0, 0.1) is 6.92 Å².